The van der Waals surface area contributed by atoms with Crippen molar-refractivity contribution in [3.8, 4) is 0 Å². The minimum atomic E-state index is -0.224. The summed E-state index contributed by atoms with van der Waals surface area (Å²) in [6.07, 6.45) is 3.06. The predicted molar refractivity (Wildman–Crippen MR) is 73.4 cm³/mol. The fourth-order valence-electron chi connectivity index (χ4n) is 3.05. The van der Waals surface area contributed by atoms with Gasteiger partial charge >= 0.3 is 0 Å². The summed E-state index contributed by atoms with van der Waals surface area (Å²) in [6, 6.07) is 5.39. The molecule has 100 valence electrons. The highest BCUT2D eigenvalue weighted by molar-refractivity contribution is 6.32. The summed E-state index contributed by atoms with van der Waals surface area (Å²) in [7, 11) is 0. The molecule has 1 heterocycles. The molecule has 1 amide bonds. The van der Waals surface area contributed by atoms with E-state index < -0.39 is 0 Å². The fraction of sp³-hybridized carbons (Fsp3) is 0.467. The van der Waals surface area contributed by atoms with Crippen LogP contribution in [0.15, 0.2) is 18.2 Å². The normalized spacial score (nSPS) is 22.5. The van der Waals surface area contributed by atoms with Gasteiger partial charge in [-0.05, 0) is 30.9 Å². The van der Waals surface area contributed by atoms with Crippen LogP contribution in [-0.2, 0) is 11.2 Å². The van der Waals surface area contributed by atoms with Crippen LogP contribution in [0.1, 0.15) is 35.2 Å². The molecular weight excluding hydrogens is 262 g/mol. The molecule has 0 N–H and O–H groups in total. The number of benzene rings is 1. The number of hydrogen-bond acceptors (Lipinski definition) is 2. The highest BCUT2D eigenvalue weighted by Crippen LogP contribution is 2.32. The average molecular weight is 278 g/mol. The van der Waals surface area contributed by atoms with Crippen molar-refractivity contribution in [2.45, 2.75) is 25.7 Å². The Bertz CT molecular complexity index is 535. The maximum Gasteiger partial charge on any atom is 0.226 e. The van der Waals surface area contributed by atoms with Gasteiger partial charge in [0.25, 0.3) is 0 Å². The summed E-state index contributed by atoms with van der Waals surface area (Å²) in [5.74, 6) is -0.0595. The maximum absolute atomic E-state index is 12.4. The van der Waals surface area contributed by atoms with E-state index in [9.17, 15) is 9.59 Å². The number of nitrogens with zero attached hydrogens (tertiary/aromatic N) is 1. The number of amides is 1. The van der Waals surface area contributed by atoms with E-state index in [1.165, 1.54) is 0 Å². The molecule has 19 heavy (non-hydrogen) atoms. The number of carbonyl (C=O) groups is 2. The molecule has 1 aliphatic heterocycles. The Morgan fingerprint density at radius 3 is 2.68 bits per heavy atom. The van der Waals surface area contributed by atoms with Crippen LogP contribution in [0.5, 0.6) is 0 Å². The number of carbonyl (C=O) groups excluding carboxylic acids is 2. The zero-order chi connectivity index (χ0) is 13.4. The van der Waals surface area contributed by atoms with Gasteiger partial charge in [-0.3, -0.25) is 9.59 Å². The number of halogens is 1. The molecule has 0 aromatic heterocycles. The second-order valence-electron chi connectivity index (χ2n) is 5.33. The third-order valence-corrected chi connectivity index (χ3v) is 4.42. The molecule has 1 atom stereocenters. The van der Waals surface area contributed by atoms with Crippen molar-refractivity contribution in [2.75, 3.05) is 13.1 Å². The van der Waals surface area contributed by atoms with Gasteiger partial charge in [-0.15, -0.1) is 0 Å². The Morgan fingerprint density at radius 2 is 1.95 bits per heavy atom. The van der Waals surface area contributed by atoms with E-state index in [1.54, 1.807) is 18.2 Å². The molecule has 2 aliphatic rings. The zero-order valence-corrected chi connectivity index (χ0v) is 11.4. The number of rotatable bonds is 1. The molecule has 0 saturated carbocycles. The first kappa shape index (κ1) is 12.7. The van der Waals surface area contributed by atoms with Gasteiger partial charge in [0.15, 0.2) is 5.78 Å². The lowest BCUT2D eigenvalue weighted by Gasteiger charge is -2.27. The number of ketones is 1. The van der Waals surface area contributed by atoms with Crippen LogP contribution in [0, 0.1) is 5.92 Å². The minimum Gasteiger partial charge on any atom is -0.342 e. The quantitative estimate of drug-likeness (QED) is 0.791. The smallest absolute Gasteiger partial charge is 0.226 e. The molecule has 1 fully saturated rings. The van der Waals surface area contributed by atoms with Crippen molar-refractivity contribution in [3.05, 3.63) is 34.3 Å². The Hall–Kier alpha value is -1.35. The first-order valence-electron chi connectivity index (χ1n) is 6.76. The molecule has 3 nitrogen and oxygen atoms in total. The van der Waals surface area contributed by atoms with Crippen molar-refractivity contribution < 1.29 is 9.59 Å². The van der Waals surface area contributed by atoms with Crippen molar-refractivity contribution >= 4 is 23.3 Å². The summed E-state index contributed by atoms with van der Waals surface area (Å²) in [6.45, 7) is 1.66. The lowest BCUT2D eigenvalue weighted by atomic mass is 9.82. The van der Waals surface area contributed by atoms with Crippen LogP contribution in [0.4, 0.5) is 0 Å². The molecule has 4 heteroatoms. The van der Waals surface area contributed by atoms with Gasteiger partial charge in [-0.1, -0.05) is 23.7 Å². The lowest BCUT2D eigenvalue weighted by Crippen LogP contribution is -2.37. The molecule has 1 unspecified atom stereocenters. The number of fused-ring (bicyclic) bond motifs is 1. The fourth-order valence-corrected chi connectivity index (χ4v) is 3.30. The highest BCUT2D eigenvalue weighted by Gasteiger charge is 2.34. The van der Waals surface area contributed by atoms with Gasteiger partial charge in [-0.25, -0.2) is 0 Å². The van der Waals surface area contributed by atoms with Crippen molar-refractivity contribution in [3.63, 3.8) is 0 Å². The largest absolute Gasteiger partial charge is 0.342 e. The Labute approximate surface area is 117 Å². The molecule has 0 spiro atoms. The Balaban J connectivity index is 1.86. The van der Waals surface area contributed by atoms with E-state index in [4.69, 9.17) is 11.6 Å². The minimum absolute atomic E-state index is 0.0429. The van der Waals surface area contributed by atoms with E-state index >= 15 is 0 Å². The molecule has 1 aromatic carbocycles. The standard InChI is InChI=1S/C15H16ClNO2/c16-13-5-3-4-11-12(13)8-10(9-14(11)18)15(19)17-6-1-2-7-17/h3-5,10H,1-2,6-9H2. The van der Waals surface area contributed by atoms with E-state index in [1.807, 2.05) is 4.90 Å². The van der Waals surface area contributed by atoms with Crippen molar-refractivity contribution in [2.24, 2.45) is 5.92 Å². The van der Waals surface area contributed by atoms with Gasteiger partial charge in [0, 0.05) is 36.0 Å². The van der Waals surface area contributed by atoms with Crippen molar-refractivity contribution in [1.82, 2.24) is 4.90 Å². The number of likely N-dealkylation sites (tertiary alicyclic amines) is 1. The predicted octanol–water partition coefficient (Wildman–Crippen LogP) is 2.71. The second-order valence-corrected chi connectivity index (χ2v) is 5.73. The van der Waals surface area contributed by atoms with Crippen LogP contribution < -0.4 is 0 Å². The molecule has 1 aromatic rings. The molecule has 0 bridgehead atoms. The van der Waals surface area contributed by atoms with Gasteiger partial charge in [-0.2, -0.15) is 0 Å². The topological polar surface area (TPSA) is 37.4 Å². The van der Waals surface area contributed by atoms with Gasteiger partial charge in [0.2, 0.25) is 5.91 Å². The molecule has 3 rings (SSSR count). The van der Waals surface area contributed by atoms with E-state index in [-0.39, 0.29) is 17.6 Å². The van der Waals surface area contributed by atoms with Gasteiger partial charge in [0.1, 0.15) is 0 Å². The average Bonchev–Trinajstić information content (AvgIpc) is 2.93. The molecule has 1 aliphatic carbocycles. The van der Waals surface area contributed by atoms with E-state index in [0.717, 1.165) is 31.5 Å². The van der Waals surface area contributed by atoms with Crippen LogP contribution in [-0.4, -0.2) is 29.7 Å². The first-order chi connectivity index (χ1) is 9.16. The van der Waals surface area contributed by atoms with Crippen LogP contribution in [0.25, 0.3) is 0 Å². The van der Waals surface area contributed by atoms with E-state index in [2.05, 4.69) is 0 Å². The molecule has 1 saturated heterocycles. The zero-order valence-electron chi connectivity index (χ0n) is 10.7. The molecular formula is C15H16ClNO2. The Morgan fingerprint density at radius 1 is 1.21 bits per heavy atom. The summed E-state index contributed by atoms with van der Waals surface area (Å²) >= 11 is 6.16. The Kier molecular flexibility index (Phi) is 3.31. The third-order valence-electron chi connectivity index (χ3n) is 4.07. The maximum atomic E-state index is 12.4. The summed E-state index contributed by atoms with van der Waals surface area (Å²) in [4.78, 5) is 26.4. The van der Waals surface area contributed by atoms with Crippen molar-refractivity contribution in [1.29, 1.82) is 0 Å². The first-order valence-corrected chi connectivity index (χ1v) is 7.14. The second kappa shape index (κ2) is 4.97. The highest BCUT2D eigenvalue weighted by atomic mass is 35.5. The summed E-state index contributed by atoms with van der Waals surface area (Å²) in [5, 5.41) is 0.602. The van der Waals surface area contributed by atoms with Gasteiger partial charge in [0.05, 0.1) is 0 Å². The number of Topliss-reactive ketones (excluding diaryl/α,β-unsaturated/α-hetero) is 1. The monoisotopic (exact) mass is 277 g/mol. The summed E-state index contributed by atoms with van der Waals surface area (Å²) in [5.41, 5.74) is 1.54. The van der Waals surface area contributed by atoms with Crippen LogP contribution in [0.3, 0.4) is 0 Å². The van der Waals surface area contributed by atoms with Crippen LogP contribution in [0.2, 0.25) is 5.02 Å². The SMILES string of the molecule is O=C1CC(C(=O)N2CCCC2)Cc2c(Cl)cccc21. The van der Waals surface area contributed by atoms with E-state index in [0.29, 0.717) is 23.4 Å². The number of hydrogen-bond donors (Lipinski definition) is 0. The lowest BCUT2D eigenvalue weighted by molar-refractivity contribution is -0.134. The van der Waals surface area contributed by atoms with Gasteiger partial charge < -0.3 is 4.90 Å². The summed E-state index contributed by atoms with van der Waals surface area (Å²) < 4.78 is 0. The molecule has 0 radical (unpaired) electrons. The van der Waals surface area contributed by atoms with Crippen LogP contribution >= 0.6 is 11.6 Å². The third kappa shape index (κ3) is 2.27.